The molecule has 2 aromatic heterocycles. The van der Waals surface area contributed by atoms with Crippen LogP contribution in [0.3, 0.4) is 0 Å². The largest absolute Gasteiger partial charge is 0.393 e. The van der Waals surface area contributed by atoms with Crippen LogP contribution < -0.4 is 4.90 Å². The van der Waals surface area contributed by atoms with E-state index in [9.17, 15) is 13.2 Å². The number of hydrogen-bond donors (Lipinski definition) is 0. The molecule has 0 radical (unpaired) electrons. The van der Waals surface area contributed by atoms with Crippen LogP contribution in [0.25, 0.3) is 4.96 Å². The van der Waals surface area contributed by atoms with Crippen molar-refractivity contribution >= 4 is 21.4 Å². The Morgan fingerprint density at radius 3 is 2.59 bits per heavy atom. The summed E-state index contributed by atoms with van der Waals surface area (Å²) in [4.78, 5) is 7.00. The van der Waals surface area contributed by atoms with E-state index in [2.05, 4.69) is 30.9 Å². The van der Waals surface area contributed by atoms with Gasteiger partial charge >= 0.3 is 6.18 Å². The highest BCUT2D eigenvalue weighted by molar-refractivity contribution is 7.20. The molecule has 1 saturated heterocycles. The molecule has 0 amide bonds. The first-order valence-electron chi connectivity index (χ1n) is 7.33. The first-order valence-corrected chi connectivity index (χ1v) is 8.14. The van der Waals surface area contributed by atoms with Gasteiger partial charge in [-0.25, -0.2) is 9.50 Å². The Hall–Kier alpha value is -1.31. The van der Waals surface area contributed by atoms with Gasteiger partial charge in [0, 0.05) is 18.5 Å². The maximum atomic E-state index is 12.9. The molecule has 0 spiro atoms. The van der Waals surface area contributed by atoms with Crippen LogP contribution in [-0.2, 0) is 5.41 Å². The monoisotopic (exact) mass is 332 g/mol. The average Bonchev–Trinajstić information content (AvgIpc) is 2.95. The molecule has 1 atom stereocenters. The predicted octanol–water partition coefficient (Wildman–Crippen LogP) is 3.87. The highest BCUT2D eigenvalue weighted by Crippen LogP contribution is 2.36. The molecule has 22 heavy (non-hydrogen) atoms. The molecule has 0 saturated carbocycles. The summed E-state index contributed by atoms with van der Waals surface area (Å²) >= 11 is 1.35. The van der Waals surface area contributed by atoms with Gasteiger partial charge in [-0.3, -0.25) is 0 Å². The van der Waals surface area contributed by atoms with E-state index in [0.29, 0.717) is 18.1 Å². The van der Waals surface area contributed by atoms with Crippen LogP contribution in [0.2, 0.25) is 0 Å². The Balaban J connectivity index is 1.83. The Kier molecular flexibility index (Phi) is 3.62. The lowest BCUT2D eigenvalue weighted by Gasteiger charge is -2.33. The molecule has 1 aliphatic heterocycles. The van der Waals surface area contributed by atoms with E-state index in [4.69, 9.17) is 0 Å². The molecule has 2 aromatic rings. The fourth-order valence-corrected chi connectivity index (χ4v) is 3.51. The van der Waals surface area contributed by atoms with Gasteiger partial charge in [0.2, 0.25) is 10.1 Å². The van der Waals surface area contributed by atoms with Crippen molar-refractivity contribution in [2.24, 2.45) is 5.92 Å². The molecule has 0 bridgehead atoms. The summed E-state index contributed by atoms with van der Waals surface area (Å²) in [6, 6.07) is 0. The molecule has 0 unspecified atom stereocenters. The number of aromatic nitrogens is 3. The number of halogens is 3. The number of piperidine rings is 1. The molecule has 1 aliphatic rings. The molecule has 3 heterocycles. The van der Waals surface area contributed by atoms with Crippen molar-refractivity contribution in [2.45, 2.75) is 45.2 Å². The third-order valence-electron chi connectivity index (χ3n) is 3.96. The first-order chi connectivity index (χ1) is 10.1. The summed E-state index contributed by atoms with van der Waals surface area (Å²) in [7, 11) is 0. The predicted molar refractivity (Wildman–Crippen MR) is 80.6 cm³/mol. The third-order valence-corrected chi connectivity index (χ3v) is 4.94. The molecule has 0 aliphatic carbocycles. The van der Waals surface area contributed by atoms with E-state index < -0.39 is 12.1 Å². The molecule has 8 heteroatoms. The van der Waals surface area contributed by atoms with Gasteiger partial charge in [0.25, 0.3) is 0 Å². The zero-order chi connectivity index (χ0) is 16.1. The second kappa shape index (κ2) is 5.11. The van der Waals surface area contributed by atoms with Crippen molar-refractivity contribution in [3.05, 3.63) is 11.9 Å². The molecule has 122 valence electrons. The van der Waals surface area contributed by atoms with Crippen molar-refractivity contribution in [1.82, 2.24) is 14.6 Å². The lowest BCUT2D eigenvalue weighted by atomic mass is 9.93. The number of fused-ring (bicyclic) bond motifs is 1. The van der Waals surface area contributed by atoms with Crippen molar-refractivity contribution in [2.75, 3.05) is 18.0 Å². The van der Waals surface area contributed by atoms with Gasteiger partial charge in [-0.2, -0.15) is 13.2 Å². The lowest BCUT2D eigenvalue weighted by Crippen LogP contribution is -2.41. The zero-order valence-electron chi connectivity index (χ0n) is 12.8. The SMILES string of the molecule is CC(C)(C)c1cn2nc(N3CCC[C@H](C(F)(F)F)C3)sc2n1. The standard InChI is InChI=1S/C14H19F3N4S/c1-13(2,3)10-8-21-11(18-10)22-12(19-21)20-6-4-5-9(7-20)14(15,16)17/h8-9H,4-7H2,1-3H3/t9-/m0/s1. The van der Waals surface area contributed by atoms with Crippen molar-refractivity contribution in [3.8, 4) is 0 Å². The molecule has 1 fully saturated rings. The minimum atomic E-state index is -4.13. The van der Waals surface area contributed by atoms with Crippen LogP contribution in [0, 0.1) is 5.92 Å². The van der Waals surface area contributed by atoms with Gasteiger partial charge < -0.3 is 4.90 Å². The summed E-state index contributed by atoms with van der Waals surface area (Å²) in [5.41, 5.74) is 0.865. The molecule has 3 rings (SSSR count). The summed E-state index contributed by atoms with van der Waals surface area (Å²) in [5, 5.41) is 5.04. The van der Waals surface area contributed by atoms with Crippen LogP contribution in [-0.4, -0.2) is 33.9 Å². The fraction of sp³-hybridized carbons (Fsp3) is 0.714. The maximum Gasteiger partial charge on any atom is 0.393 e. The van der Waals surface area contributed by atoms with E-state index in [1.807, 2.05) is 6.20 Å². The Morgan fingerprint density at radius 2 is 2.00 bits per heavy atom. The highest BCUT2D eigenvalue weighted by atomic mass is 32.1. The highest BCUT2D eigenvalue weighted by Gasteiger charge is 2.42. The van der Waals surface area contributed by atoms with E-state index in [1.165, 1.54) is 11.3 Å². The summed E-state index contributed by atoms with van der Waals surface area (Å²) in [6.07, 6.45) is -1.52. The summed E-state index contributed by atoms with van der Waals surface area (Å²) < 4.78 is 40.4. The van der Waals surface area contributed by atoms with Gasteiger partial charge in [0.05, 0.1) is 17.8 Å². The Bertz CT molecular complexity index is 636. The Labute approximate surface area is 130 Å². The second-order valence-electron chi connectivity index (χ2n) is 6.81. The number of imidazole rings is 1. The van der Waals surface area contributed by atoms with Gasteiger partial charge in [-0.1, -0.05) is 32.1 Å². The zero-order valence-corrected chi connectivity index (χ0v) is 13.6. The molecular weight excluding hydrogens is 313 g/mol. The number of alkyl halides is 3. The molecular formula is C14H19F3N4S. The minimum Gasteiger partial charge on any atom is -0.346 e. The topological polar surface area (TPSA) is 33.4 Å². The van der Waals surface area contributed by atoms with E-state index in [0.717, 1.165) is 10.7 Å². The van der Waals surface area contributed by atoms with E-state index in [1.54, 1.807) is 9.42 Å². The van der Waals surface area contributed by atoms with Gasteiger partial charge in [0.1, 0.15) is 0 Å². The lowest BCUT2D eigenvalue weighted by molar-refractivity contribution is -0.175. The van der Waals surface area contributed by atoms with Crippen LogP contribution in [0.15, 0.2) is 6.20 Å². The van der Waals surface area contributed by atoms with Crippen molar-refractivity contribution in [3.63, 3.8) is 0 Å². The molecule has 0 N–H and O–H groups in total. The Morgan fingerprint density at radius 1 is 1.27 bits per heavy atom. The number of hydrogen-bond acceptors (Lipinski definition) is 4. The fourth-order valence-electron chi connectivity index (χ4n) is 2.60. The summed E-state index contributed by atoms with van der Waals surface area (Å²) in [6.45, 7) is 6.82. The minimum absolute atomic E-state index is 0.00764. The second-order valence-corrected chi connectivity index (χ2v) is 7.75. The normalized spacial score (nSPS) is 20.8. The smallest absolute Gasteiger partial charge is 0.346 e. The number of anilines is 1. The quantitative estimate of drug-likeness (QED) is 0.795. The number of nitrogens with zero attached hydrogens (tertiary/aromatic N) is 4. The van der Waals surface area contributed by atoms with E-state index in [-0.39, 0.29) is 18.4 Å². The van der Waals surface area contributed by atoms with Gasteiger partial charge in [-0.05, 0) is 12.8 Å². The van der Waals surface area contributed by atoms with Crippen LogP contribution in [0.5, 0.6) is 0 Å². The van der Waals surface area contributed by atoms with Crippen LogP contribution >= 0.6 is 11.3 Å². The van der Waals surface area contributed by atoms with E-state index >= 15 is 0 Å². The van der Waals surface area contributed by atoms with Gasteiger partial charge in [-0.15, -0.1) is 5.10 Å². The maximum absolute atomic E-state index is 12.9. The molecule has 4 nitrogen and oxygen atoms in total. The first kappa shape index (κ1) is 15.6. The van der Waals surface area contributed by atoms with Gasteiger partial charge in [0.15, 0.2) is 0 Å². The van der Waals surface area contributed by atoms with Crippen molar-refractivity contribution in [1.29, 1.82) is 0 Å². The van der Waals surface area contributed by atoms with Crippen LogP contribution in [0.1, 0.15) is 39.3 Å². The van der Waals surface area contributed by atoms with Crippen LogP contribution in [0.4, 0.5) is 18.3 Å². The summed E-state index contributed by atoms with van der Waals surface area (Å²) in [5.74, 6) is -1.26. The molecule has 0 aromatic carbocycles. The average molecular weight is 332 g/mol. The third kappa shape index (κ3) is 2.93. The number of rotatable bonds is 1. The van der Waals surface area contributed by atoms with Crippen molar-refractivity contribution < 1.29 is 13.2 Å².